The Morgan fingerprint density at radius 1 is 1.17 bits per heavy atom. The highest BCUT2D eigenvalue weighted by atomic mass is 19.1. The first-order valence-electron chi connectivity index (χ1n) is 10.6. The van der Waals surface area contributed by atoms with Crippen LogP contribution < -0.4 is 5.32 Å². The van der Waals surface area contributed by atoms with E-state index in [0.29, 0.717) is 25.2 Å². The molecule has 0 spiro atoms. The van der Waals surface area contributed by atoms with Crippen LogP contribution in [-0.4, -0.2) is 72.6 Å². The monoisotopic (exact) mass is 405 g/mol. The molecule has 0 aliphatic carbocycles. The van der Waals surface area contributed by atoms with Crippen LogP contribution in [0.15, 0.2) is 24.3 Å². The van der Waals surface area contributed by atoms with Gasteiger partial charge in [-0.15, -0.1) is 0 Å². The van der Waals surface area contributed by atoms with E-state index < -0.39 is 0 Å². The van der Waals surface area contributed by atoms with Crippen LogP contribution in [0.5, 0.6) is 0 Å². The van der Waals surface area contributed by atoms with Crippen molar-refractivity contribution in [3.63, 3.8) is 0 Å². The Morgan fingerprint density at radius 3 is 2.48 bits per heavy atom. The number of likely N-dealkylation sites (tertiary alicyclic amines) is 1. The first-order valence-corrected chi connectivity index (χ1v) is 10.6. The summed E-state index contributed by atoms with van der Waals surface area (Å²) in [5.74, 6) is -0.714. The van der Waals surface area contributed by atoms with Gasteiger partial charge in [0.05, 0.1) is 18.1 Å². The van der Waals surface area contributed by atoms with Crippen LogP contribution in [0.4, 0.5) is 4.39 Å². The fourth-order valence-corrected chi connectivity index (χ4v) is 4.25. The zero-order chi connectivity index (χ0) is 21.0. The quantitative estimate of drug-likeness (QED) is 0.817. The molecule has 1 aromatic rings. The molecule has 1 aromatic carbocycles. The largest absolute Gasteiger partial charge is 0.373 e. The number of hydrogen-bond acceptors (Lipinski definition) is 4. The van der Waals surface area contributed by atoms with Gasteiger partial charge in [-0.3, -0.25) is 14.5 Å². The molecule has 4 unspecified atom stereocenters. The summed E-state index contributed by atoms with van der Waals surface area (Å²) in [7, 11) is 0. The van der Waals surface area contributed by atoms with Crippen LogP contribution in [0.2, 0.25) is 0 Å². The zero-order valence-electron chi connectivity index (χ0n) is 17.6. The van der Waals surface area contributed by atoms with Gasteiger partial charge in [-0.05, 0) is 57.9 Å². The molecule has 4 atom stereocenters. The summed E-state index contributed by atoms with van der Waals surface area (Å²) in [6.45, 7) is 9.61. The molecule has 6 nitrogen and oxygen atoms in total. The van der Waals surface area contributed by atoms with E-state index >= 15 is 0 Å². The van der Waals surface area contributed by atoms with Crippen LogP contribution in [0.1, 0.15) is 44.0 Å². The summed E-state index contributed by atoms with van der Waals surface area (Å²) >= 11 is 0. The summed E-state index contributed by atoms with van der Waals surface area (Å²) in [4.78, 5) is 29.4. The van der Waals surface area contributed by atoms with E-state index in [2.05, 4.69) is 31.0 Å². The highest BCUT2D eigenvalue weighted by Crippen LogP contribution is 2.19. The number of morpholine rings is 1. The minimum atomic E-state index is -0.365. The summed E-state index contributed by atoms with van der Waals surface area (Å²) < 4.78 is 18.9. The maximum atomic E-state index is 13.1. The predicted molar refractivity (Wildman–Crippen MR) is 109 cm³/mol. The standard InChI is InChI=1S/C22H32FN3O3/c1-15(26-12-16(2)29-17(3)13-26)11-24-21(27)19-5-4-10-25(14-19)22(28)18-6-8-20(23)9-7-18/h6-9,15-17,19H,4-5,10-14H2,1-3H3,(H,24,27). The van der Waals surface area contributed by atoms with Gasteiger partial charge >= 0.3 is 0 Å². The predicted octanol–water partition coefficient (Wildman–Crippen LogP) is 2.29. The number of hydrogen-bond donors (Lipinski definition) is 1. The van der Waals surface area contributed by atoms with E-state index in [0.717, 1.165) is 25.9 Å². The summed E-state index contributed by atoms with van der Waals surface area (Å²) in [6, 6.07) is 5.79. The van der Waals surface area contributed by atoms with Crippen LogP contribution in [0.25, 0.3) is 0 Å². The number of benzene rings is 1. The molecule has 0 saturated carbocycles. The molecule has 160 valence electrons. The highest BCUT2D eigenvalue weighted by Gasteiger charge is 2.30. The lowest BCUT2D eigenvalue weighted by Gasteiger charge is -2.39. The summed E-state index contributed by atoms with van der Waals surface area (Å²) in [5.41, 5.74) is 0.455. The average molecular weight is 406 g/mol. The van der Waals surface area contributed by atoms with Gasteiger partial charge in [0.15, 0.2) is 0 Å². The molecule has 2 aliphatic heterocycles. The van der Waals surface area contributed by atoms with E-state index in [1.807, 2.05) is 0 Å². The van der Waals surface area contributed by atoms with Gasteiger partial charge in [-0.2, -0.15) is 0 Å². The zero-order valence-corrected chi connectivity index (χ0v) is 17.6. The molecule has 2 fully saturated rings. The van der Waals surface area contributed by atoms with Gasteiger partial charge in [-0.1, -0.05) is 0 Å². The fraction of sp³-hybridized carbons (Fsp3) is 0.636. The lowest BCUT2D eigenvalue weighted by atomic mass is 9.96. The number of ether oxygens (including phenoxy) is 1. The van der Waals surface area contributed by atoms with Crippen molar-refractivity contribution in [2.24, 2.45) is 5.92 Å². The summed E-state index contributed by atoms with van der Waals surface area (Å²) in [5, 5.41) is 3.08. The second kappa shape index (κ2) is 9.67. The topological polar surface area (TPSA) is 61.9 Å². The number of amides is 2. The number of carbonyl (C=O) groups excluding carboxylic acids is 2. The first kappa shape index (κ1) is 21.7. The molecule has 2 aliphatic rings. The molecule has 0 bridgehead atoms. The van der Waals surface area contributed by atoms with E-state index in [4.69, 9.17) is 4.74 Å². The number of nitrogens with zero attached hydrogens (tertiary/aromatic N) is 2. The lowest BCUT2D eigenvalue weighted by molar-refractivity contribution is -0.126. The van der Waals surface area contributed by atoms with Crippen molar-refractivity contribution in [1.82, 2.24) is 15.1 Å². The highest BCUT2D eigenvalue weighted by molar-refractivity contribution is 5.94. The number of nitrogens with one attached hydrogen (secondary N) is 1. The molecule has 2 amide bonds. The molecule has 2 saturated heterocycles. The van der Waals surface area contributed by atoms with Crippen molar-refractivity contribution in [3.05, 3.63) is 35.6 Å². The van der Waals surface area contributed by atoms with E-state index in [1.165, 1.54) is 24.3 Å². The van der Waals surface area contributed by atoms with Gasteiger partial charge in [0.25, 0.3) is 5.91 Å². The van der Waals surface area contributed by atoms with Crippen LogP contribution in [0.3, 0.4) is 0 Å². The Hall–Kier alpha value is -1.99. The summed E-state index contributed by atoms with van der Waals surface area (Å²) in [6.07, 6.45) is 1.96. The number of piperidine rings is 1. The van der Waals surface area contributed by atoms with Crippen LogP contribution >= 0.6 is 0 Å². The molecule has 2 heterocycles. The smallest absolute Gasteiger partial charge is 0.253 e. The number of halogens is 1. The van der Waals surface area contributed by atoms with Gasteiger partial charge in [0.2, 0.25) is 5.91 Å². The second-order valence-corrected chi connectivity index (χ2v) is 8.40. The Kier molecular flexibility index (Phi) is 7.24. The van der Waals surface area contributed by atoms with Crippen molar-refractivity contribution in [2.45, 2.75) is 51.9 Å². The fourth-order valence-electron chi connectivity index (χ4n) is 4.25. The van der Waals surface area contributed by atoms with Crippen molar-refractivity contribution >= 4 is 11.8 Å². The molecular formula is C22H32FN3O3. The van der Waals surface area contributed by atoms with E-state index in [-0.39, 0.29) is 41.8 Å². The van der Waals surface area contributed by atoms with Crippen LogP contribution in [-0.2, 0) is 9.53 Å². The molecule has 29 heavy (non-hydrogen) atoms. The minimum absolute atomic E-state index is 0.00260. The first-order chi connectivity index (χ1) is 13.8. The van der Waals surface area contributed by atoms with Gasteiger partial charge in [0.1, 0.15) is 5.82 Å². The average Bonchev–Trinajstić information content (AvgIpc) is 2.71. The van der Waals surface area contributed by atoms with E-state index in [9.17, 15) is 14.0 Å². The second-order valence-electron chi connectivity index (χ2n) is 8.40. The third kappa shape index (κ3) is 5.76. The number of carbonyl (C=O) groups is 2. The van der Waals surface area contributed by atoms with Crippen molar-refractivity contribution in [1.29, 1.82) is 0 Å². The van der Waals surface area contributed by atoms with Crippen molar-refractivity contribution in [2.75, 3.05) is 32.7 Å². The molecule has 0 radical (unpaired) electrons. The SMILES string of the molecule is CC1CN(C(C)CNC(=O)C2CCCN(C(=O)c3ccc(F)cc3)C2)CC(C)O1. The maximum Gasteiger partial charge on any atom is 0.253 e. The Balaban J connectivity index is 1.50. The Labute approximate surface area is 172 Å². The molecule has 1 N–H and O–H groups in total. The van der Waals surface area contributed by atoms with E-state index in [1.54, 1.807) is 4.90 Å². The van der Waals surface area contributed by atoms with Gasteiger partial charge < -0.3 is 15.0 Å². The van der Waals surface area contributed by atoms with Crippen molar-refractivity contribution < 1.29 is 18.7 Å². The third-order valence-corrected chi connectivity index (χ3v) is 5.81. The molecule has 3 rings (SSSR count). The Bertz CT molecular complexity index is 702. The normalized spacial score (nSPS) is 26.8. The number of rotatable bonds is 5. The molecular weight excluding hydrogens is 373 g/mol. The Morgan fingerprint density at radius 2 is 1.83 bits per heavy atom. The molecule has 0 aromatic heterocycles. The minimum Gasteiger partial charge on any atom is -0.373 e. The lowest BCUT2D eigenvalue weighted by Crippen LogP contribution is -2.53. The van der Waals surface area contributed by atoms with Gasteiger partial charge in [0, 0.05) is 44.3 Å². The maximum absolute atomic E-state index is 13.1. The van der Waals surface area contributed by atoms with Crippen molar-refractivity contribution in [3.8, 4) is 0 Å². The van der Waals surface area contributed by atoms with Crippen LogP contribution in [0, 0.1) is 11.7 Å². The third-order valence-electron chi connectivity index (χ3n) is 5.81. The molecule has 7 heteroatoms. The van der Waals surface area contributed by atoms with Gasteiger partial charge in [-0.25, -0.2) is 4.39 Å².